The first-order valence-corrected chi connectivity index (χ1v) is 7.71. The third-order valence-electron chi connectivity index (χ3n) is 3.79. The lowest BCUT2D eigenvalue weighted by Crippen LogP contribution is -2.31. The molecule has 0 aliphatic rings. The number of carbonyl (C=O) groups excluding carboxylic acids is 1. The van der Waals surface area contributed by atoms with Gasteiger partial charge in [0, 0.05) is 19.1 Å². The van der Waals surface area contributed by atoms with Crippen LogP contribution in [0.25, 0.3) is 11.0 Å². The van der Waals surface area contributed by atoms with E-state index in [1.165, 1.54) is 0 Å². The number of rotatable bonds is 6. The number of benzene rings is 1. The monoisotopic (exact) mass is 329 g/mol. The van der Waals surface area contributed by atoms with Crippen molar-refractivity contribution in [3.8, 4) is 0 Å². The third-order valence-corrected chi connectivity index (χ3v) is 3.79. The fourth-order valence-corrected chi connectivity index (χ4v) is 2.55. The minimum absolute atomic E-state index is 0.268. The molecular weight excluding hydrogens is 310 g/mol. The number of imidazole rings is 1. The zero-order valence-corrected chi connectivity index (χ0v) is 13.5. The van der Waals surface area contributed by atoms with Crippen LogP contribution in [0.3, 0.4) is 0 Å². The van der Waals surface area contributed by atoms with Gasteiger partial charge in [-0.15, -0.1) is 0 Å². The van der Waals surface area contributed by atoms with Crippen molar-refractivity contribution in [3.63, 3.8) is 0 Å². The Labute approximate surface area is 138 Å². The Kier molecular flexibility index (Phi) is 4.52. The summed E-state index contributed by atoms with van der Waals surface area (Å²) in [6.07, 6.45) is 0.783. The van der Waals surface area contributed by atoms with Crippen LogP contribution in [0.4, 0.5) is 0 Å². The van der Waals surface area contributed by atoms with Crippen molar-refractivity contribution in [2.75, 3.05) is 13.7 Å². The third kappa shape index (κ3) is 3.26. The summed E-state index contributed by atoms with van der Waals surface area (Å²) in [4.78, 5) is 29.1. The number of furan rings is 1. The summed E-state index contributed by atoms with van der Waals surface area (Å²) in [6, 6.07) is 8.33. The van der Waals surface area contributed by atoms with Gasteiger partial charge in [-0.05, 0) is 30.3 Å². The number of aromatic nitrogens is 2. The molecule has 2 heterocycles. The Morgan fingerprint density at radius 2 is 2.04 bits per heavy atom. The molecule has 2 aromatic heterocycles. The van der Waals surface area contributed by atoms with Gasteiger partial charge in [0.1, 0.15) is 17.6 Å². The maximum Gasteiger partial charge on any atom is 0.323 e. The second kappa shape index (κ2) is 6.76. The van der Waals surface area contributed by atoms with Crippen molar-refractivity contribution in [1.82, 2.24) is 15.3 Å². The number of hydrogen-bond donors (Lipinski definition) is 3. The smallest absolute Gasteiger partial charge is 0.323 e. The molecule has 1 atom stereocenters. The minimum atomic E-state index is -0.385. The number of nitrogens with one attached hydrogen (secondary N) is 3. The van der Waals surface area contributed by atoms with Gasteiger partial charge in [0.25, 0.3) is 5.91 Å². The molecule has 3 N–H and O–H groups in total. The summed E-state index contributed by atoms with van der Waals surface area (Å²) in [5, 5.41) is 2.90. The van der Waals surface area contributed by atoms with E-state index in [-0.39, 0.29) is 17.6 Å². The highest BCUT2D eigenvalue weighted by atomic mass is 16.5. The predicted molar refractivity (Wildman–Crippen MR) is 89.1 cm³/mol. The van der Waals surface area contributed by atoms with Gasteiger partial charge in [0.05, 0.1) is 17.6 Å². The number of methoxy groups -OCH3 is 1. The summed E-state index contributed by atoms with van der Waals surface area (Å²) < 4.78 is 10.9. The minimum Gasteiger partial charge on any atom is -0.464 e. The second-order valence-corrected chi connectivity index (χ2v) is 5.48. The van der Waals surface area contributed by atoms with Crippen LogP contribution in [0.5, 0.6) is 0 Å². The van der Waals surface area contributed by atoms with E-state index in [9.17, 15) is 9.59 Å². The average Bonchev–Trinajstić information content (AvgIpc) is 3.18. The van der Waals surface area contributed by atoms with Gasteiger partial charge in [0.2, 0.25) is 0 Å². The molecule has 0 saturated carbocycles. The SMILES string of the molecule is CCc1ccc([C@H](COC)NC(=O)c2ccc3[nH]c(=O)[nH]c3c2)o1. The largest absolute Gasteiger partial charge is 0.464 e. The van der Waals surface area contributed by atoms with Crippen LogP contribution in [0, 0.1) is 0 Å². The summed E-state index contributed by atoms with van der Waals surface area (Å²) in [5.41, 5.74) is 1.38. The van der Waals surface area contributed by atoms with E-state index in [1.54, 1.807) is 25.3 Å². The van der Waals surface area contributed by atoms with E-state index in [2.05, 4.69) is 15.3 Å². The van der Waals surface area contributed by atoms with Crippen molar-refractivity contribution < 1.29 is 13.9 Å². The molecule has 7 nitrogen and oxygen atoms in total. The van der Waals surface area contributed by atoms with Gasteiger partial charge in [-0.1, -0.05) is 6.92 Å². The van der Waals surface area contributed by atoms with Gasteiger partial charge in [-0.2, -0.15) is 0 Å². The molecule has 3 rings (SSSR count). The number of hydrogen-bond acceptors (Lipinski definition) is 4. The summed E-state index contributed by atoms with van der Waals surface area (Å²) in [6.45, 7) is 2.30. The fourth-order valence-electron chi connectivity index (χ4n) is 2.55. The normalized spacial score (nSPS) is 12.4. The number of aryl methyl sites for hydroxylation is 1. The zero-order chi connectivity index (χ0) is 17.1. The van der Waals surface area contributed by atoms with Gasteiger partial charge >= 0.3 is 5.69 Å². The van der Waals surface area contributed by atoms with E-state index >= 15 is 0 Å². The van der Waals surface area contributed by atoms with E-state index < -0.39 is 0 Å². The van der Waals surface area contributed by atoms with Crippen LogP contribution in [-0.2, 0) is 11.2 Å². The van der Waals surface area contributed by atoms with Gasteiger partial charge in [0.15, 0.2) is 0 Å². The Bertz CT molecular complexity index is 906. The van der Waals surface area contributed by atoms with Crippen LogP contribution in [0.15, 0.2) is 39.5 Å². The molecule has 7 heteroatoms. The first kappa shape index (κ1) is 16.1. The first-order chi connectivity index (χ1) is 11.6. The molecule has 0 unspecified atom stereocenters. The first-order valence-electron chi connectivity index (χ1n) is 7.71. The molecule has 0 spiro atoms. The molecule has 0 aliphatic carbocycles. The lowest BCUT2D eigenvalue weighted by molar-refractivity contribution is 0.0882. The highest BCUT2D eigenvalue weighted by Gasteiger charge is 2.19. The Hall–Kier alpha value is -2.80. The summed E-state index contributed by atoms with van der Waals surface area (Å²) >= 11 is 0. The molecule has 0 saturated heterocycles. The van der Waals surface area contributed by atoms with Crippen LogP contribution in [-0.4, -0.2) is 29.6 Å². The van der Waals surface area contributed by atoms with Crippen molar-refractivity contribution >= 4 is 16.9 Å². The fraction of sp³-hybridized carbons (Fsp3) is 0.294. The standard InChI is InChI=1S/C17H19N3O4/c1-3-11-5-7-15(24-11)14(9-23-2)18-16(21)10-4-6-12-13(8-10)20-17(22)19-12/h4-8,14H,3,9H2,1-2H3,(H,18,21)(H2,19,20,22)/t14-/m0/s1. The number of H-pyrrole nitrogens is 2. The number of amides is 1. The second-order valence-electron chi connectivity index (χ2n) is 5.48. The molecule has 3 aromatic rings. The van der Waals surface area contributed by atoms with E-state index in [0.717, 1.165) is 12.2 Å². The molecule has 0 radical (unpaired) electrons. The maximum atomic E-state index is 12.5. The van der Waals surface area contributed by atoms with Gasteiger partial charge in [-0.3, -0.25) is 4.79 Å². The van der Waals surface area contributed by atoms with E-state index in [1.807, 2.05) is 19.1 Å². The molecule has 1 aromatic carbocycles. The molecule has 0 bridgehead atoms. The van der Waals surface area contributed by atoms with E-state index in [4.69, 9.17) is 9.15 Å². The topological polar surface area (TPSA) is 100 Å². The molecular formula is C17H19N3O4. The molecule has 126 valence electrons. The Morgan fingerprint density at radius 3 is 2.75 bits per heavy atom. The van der Waals surface area contributed by atoms with Gasteiger partial charge in [-0.25, -0.2) is 4.79 Å². The quantitative estimate of drug-likeness (QED) is 0.645. The lowest BCUT2D eigenvalue weighted by atomic mass is 10.1. The number of fused-ring (bicyclic) bond motifs is 1. The van der Waals surface area contributed by atoms with Crippen LogP contribution < -0.4 is 11.0 Å². The van der Waals surface area contributed by atoms with E-state index in [0.29, 0.717) is 29.0 Å². The molecule has 0 fully saturated rings. The Balaban J connectivity index is 1.82. The highest BCUT2D eigenvalue weighted by Crippen LogP contribution is 2.19. The predicted octanol–water partition coefficient (Wildman–Crippen LogP) is 2.13. The van der Waals surface area contributed by atoms with Gasteiger partial charge < -0.3 is 24.4 Å². The summed E-state index contributed by atoms with van der Waals surface area (Å²) in [7, 11) is 1.57. The number of aromatic amines is 2. The van der Waals surface area contributed by atoms with Crippen LogP contribution >= 0.6 is 0 Å². The lowest BCUT2D eigenvalue weighted by Gasteiger charge is -2.16. The molecule has 0 aliphatic heterocycles. The highest BCUT2D eigenvalue weighted by molar-refractivity contribution is 5.97. The zero-order valence-electron chi connectivity index (χ0n) is 13.5. The average molecular weight is 329 g/mol. The van der Waals surface area contributed by atoms with Crippen molar-refractivity contribution in [2.45, 2.75) is 19.4 Å². The number of carbonyl (C=O) groups is 1. The molecule has 1 amide bonds. The van der Waals surface area contributed by atoms with Crippen LogP contribution in [0.1, 0.15) is 34.8 Å². The number of ether oxygens (including phenoxy) is 1. The maximum absolute atomic E-state index is 12.5. The van der Waals surface area contributed by atoms with Crippen molar-refractivity contribution in [3.05, 3.63) is 57.9 Å². The van der Waals surface area contributed by atoms with Crippen molar-refractivity contribution in [2.24, 2.45) is 0 Å². The molecule has 24 heavy (non-hydrogen) atoms. The van der Waals surface area contributed by atoms with Crippen molar-refractivity contribution in [1.29, 1.82) is 0 Å². The summed E-state index contributed by atoms with van der Waals surface area (Å²) in [5.74, 6) is 1.24. The van der Waals surface area contributed by atoms with Crippen LogP contribution in [0.2, 0.25) is 0 Å². The Morgan fingerprint density at radius 1 is 1.25 bits per heavy atom.